The number of rotatable bonds is 1. The number of hydrogen-bond acceptors (Lipinski definition) is 3. The summed E-state index contributed by atoms with van der Waals surface area (Å²) in [6.45, 7) is 3.20. The average Bonchev–Trinajstić information content (AvgIpc) is 2.67. The van der Waals surface area contributed by atoms with Gasteiger partial charge in [-0.1, -0.05) is 5.16 Å². The smallest absolute Gasteiger partial charge is 0.361 e. The Morgan fingerprint density at radius 2 is 2.05 bits per heavy atom. The monoisotopic (exact) mass is 276 g/mol. The van der Waals surface area contributed by atoms with Crippen LogP contribution in [0.3, 0.4) is 0 Å². The van der Waals surface area contributed by atoms with Crippen LogP contribution in [0.1, 0.15) is 41.1 Å². The van der Waals surface area contributed by atoms with E-state index < -0.39 is 18.1 Å². The van der Waals surface area contributed by atoms with E-state index in [1.54, 1.807) is 6.92 Å². The van der Waals surface area contributed by atoms with Crippen LogP contribution in [0.15, 0.2) is 4.52 Å². The van der Waals surface area contributed by atoms with Gasteiger partial charge in [-0.05, 0) is 33.1 Å². The number of carbonyl (C=O) groups excluding carboxylic acids is 1. The number of halogens is 3. The Morgan fingerprint density at radius 3 is 2.58 bits per heavy atom. The molecule has 19 heavy (non-hydrogen) atoms. The molecule has 0 saturated carbocycles. The third-order valence-electron chi connectivity index (χ3n) is 3.39. The molecule has 4 nitrogen and oxygen atoms in total. The van der Waals surface area contributed by atoms with E-state index in [2.05, 4.69) is 5.16 Å². The zero-order valence-electron chi connectivity index (χ0n) is 10.8. The molecule has 0 spiro atoms. The molecule has 0 N–H and O–H groups in total. The van der Waals surface area contributed by atoms with E-state index in [1.807, 2.05) is 0 Å². The molecule has 1 aliphatic heterocycles. The number of likely N-dealkylation sites (tertiary alicyclic amines) is 1. The summed E-state index contributed by atoms with van der Waals surface area (Å²) in [5.41, 5.74) is 0.477. The molecule has 1 fully saturated rings. The van der Waals surface area contributed by atoms with Crippen LogP contribution in [0.4, 0.5) is 13.2 Å². The molecule has 0 aromatic carbocycles. The molecule has 1 aliphatic rings. The van der Waals surface area contributed by atoms with Crippen LogP contribution in [0, 0.1) is 13.8 Å². The molecule has 0 radical (unpaired) electrons. The van der Waals surface area contributed by atoms with Crippen LogP contribution in [0.25, 0.3) is 0 Å². The predicted molar refractivity (Wildman–Crippen MR) is 60.7 cm³/mol. The van der Waals surface area contributed by atoms with Crippen molar-refractivity contribution in [3.05, 3.63) is 17.0 Å². The first-order chi connectivity index (χ1) is 8.82. The zero-order valence-corrected chi connectivity index (χ0v) is 10.8. The van der Waals surface area contributed by atoms with Gasteiger partial charge >= 0.3 is 6.18 Å². The highest BCUT2D eigenvalue weighted by atomic mass is 19.4. The molecule has 7 heteroatoms. The van der Waals surface area contributed by atoms with Crippen molar-refractivity contribution in [2.45, 2.75) is 45.3 Å². The van der Waals surface area contributed by atoms with Crippen molar-refractivity contribution in [2.75, 3.05) is 6.54 Å². The first kappa shape index (κ1) is 13.9. The summed E-state index contributed by atoms with van der Waals surface area (Å²) in [7, 11) is 0. The van der Waals surface area contributed by atoms with E-state index in [0.29, 0.717) is 18.5 Å². The molecule has 106 valence electrons. The predicted octanol–water partition coefficient (Wildman–Crippen LogP) is 2.85. The van der Waals surface area contributed by atoms with E-state index >= 15 is 0 Å². The Bertz CT molecular complexity index is 462. The minimum atomic E-state index is -4.39. The second kappa shape index (κ2) is 4.86. The minimum Gasteiger partial charge on any atom is -0.361 e. The van der Waals surface area contributed by atoms with Gasteiger partial charge in [0.25, 0.3) is 5.91 Å². The fraction of sp³-hybridized carbons (Fsp3) is 0.667. The van der Waals surface area contributed by atoms with Gasteiger partial charge in [-0.3, -0.25) is 4.79 Å². The summed E-state index contributed by atoms with van der Waals surface area (Å²) in [6.07, 6.45) is -3.37. The third-order valence-corrected chi connectivity index (χ3v) is 3.39. The maximum atomic E-state index is 13.0. The van der Waals surface area contributed by atoms with Crippen LogP contribution < -0.4 is 0 Å². The number of carbonyl (C=O) groups is 1. The van der Waals surface area contributed by atoms with Crippen LogP contribution >= 0.6 is 0 Å². The summed E-state index contributed by atoms with van der Waals surface area (Å²) >= 11 is 0. The van der Waals surface area contributed by atoms with Gasteiger partial charge in [0.2, 0.25) is 0 Å². The van der Waals surface area contributed by atoms with Crippen molar-refractivity contribution in [2.24, 2.45) is 0 Å². The molecule has 2 rings (SSSR count). The standard InChI is InChI=1S/C12H15F3N2O2/c1-7-10(8(2)19-16-7)11(18)17-6-4-3-5-9(17)12(13,14)15/h9H,3-6H2,1-2H3. The lowest BCUT2D eigenvalue weighted by atomic mass is 10.00. The van der Waals surface area contributed by atoms with E-state index in [0.717, 1.165) is 4.90 Å². The maximum Gasteiger partial charge on any atom is 0.408 e. The fourth-order valence-corrected chi connectivity index (χ4v) is 2.45. The molecule has 1 saturated heterocycles. The van der Waals surface area contributed by atoms with Gasteiger partial charge in [-0.2, -0.15) is 13.2 Å². The highest BCUT2D eigenvalue weighted by Crippen LogP contribution is 2.33. The molecule has 1 unspecified atom stereocenters. The van der Waals surface area contributed by atoms with Gasteiger partial charge in [0.05, 0.1) is 5.69 Å². The minimum absolute atomic E-state index is 0.0430. The topological polar surface area (TPSA) is 46.3 Å². The molecule has 1 amide bonds. The zero-order chi connectivity index (χ0) is 14.2. The van der Waals surface area contributed by atoms with Crippen molar-refractivity contribution in [3.8, 4) is 0 Å². The number of alkyl halides is 3. The Morgan fingerprint density at radius 1 is 1.37 bits per heavy atom. The lowest BCUT2D eigenvalue weighted by molar-refractivity contribution is -0.183. The first-order valence-corrected chi connectivity index (χ1v) is 6.13. The molecule has 0 bridgehead atoms. The Hall–Kier alpha value is -1.53. The second-order valence-electron chi connectivity index (χ2n) is 4.75. The number of amides is 1. The Balaban J connectivity index is 2.31. The molecule has 1 atom stereocenters. The molecule has 2 heterocycles. The first-order valence-electron chi connectivity index (χ1n) is 6.13. The normalized spacial score (nSPS) is 20.7. The van der Waals surface area contributed by atoms with E-state index in [4.69, 9.17) is 4.52 Å². The average molecular weight is 276 g/mol. The second-order valence-corrected chi connectivity index (χ2v) is 4.75. The number of piperidine rings is 1. The largest absolute Gasteiger partial charge is 0.408 e. The summed E-state index contributed by atoms with van der Waals surface area (Å²) in [5.74, 6) is -0.382. The maximum absolute atomic E-state index is 13.0. The van der Waals surface area contributed by atoms with E-state index in [1.165, 1.54) is 6.92 Å². The molecule has 1 aromatic rings. The number of aryl methyl sites for hydroxylation is 2. The van der Waals surface area contributed by atoms with Gasteiger partial charge in [-0.25, -0.2) is 0 Å². The fourth-order valence-electron chi connectivity index (χ4n) is 2.45. The summed E-state index contributed by atoms with van der Waals surface area (Å²) in [5, 5.41) is 3.62. The lowest BCUT2D eigenvalue weighted by Gasteiger charge is -2.36. The van der Waals surface area contributed by atoms with Gasteiger partial charge in [0, 0.05) is 6.54 Å². The SMILES string of the molecule is Cc1noc(C)c1C(=O)N1CCCCC1C(F)(F)F. The van der Waals surface area contributed by atoms with Crippen LogP contribution in [-0.2, 0) is 0 Å². The highest BCUT2D eigenvalue weighted by molar-refractivity contribution is 5.96. The highest BCUT2D eigenvalue weighted by Gasteiger charge is 2.47. The number of nitrogens with zero attached hydrogens (tertiary/aromatic N) is 2. The van der Waals surface area contributed by atoms with Gasteiger partial charge < -0.3 is 9.42 Å². The molecular weight excluding hydrogens is 261 g/mol. The van der Waals surface area contributed by atoms with Gasteiger partial charge in [-0.15, -0.1) is 0 Å². The third kappa shape index (κ3) is 2.59. The van der Waals surface area contributed by atoms with Crippen LogP contribution in [0.2, 0.25) is 0 Å². The quantitative estimate of drug-likeness (QED) is 0.792. The van der Waals surface area contributed by atoms with Crippen molar-refractivity contribution < 1.29 is 22.5 Å². The number of aromatic nitrogens is 1. The Kier molecular flexibility index (Phi) is 3.56. The van der Waals surface area contributed by atoms with Crippen LogP contribution in [0.5, 0.6) is 0 Å². The van der Waals surface area contributed by atoms with E-state index in [-0.39, 0.29) is 24.3 Å². The van der Waals surface area contributed by atoms with Crippen LogP contribution in [-0.4, -0.2) is 34.7 Å². The summed E-state index contributed by atoms with van der Waals surface area (Å²) < 4.78 is 43.7. The van der Waals surface area contributed by atoms with Crippen molar-refractivity contribution in [1.82, 2.24) is 10.1 Å². The molecule has 0 aliphatic carbocycles. The summed E-state index contributed by atoms with van der Waals surface area (Å²) in [4.78, 5) is 13.2. The lowest BCUT2D eigenvalue weighted by Crippen LogP contribution is -2.51. The van der Waals surface area contributed by atoms with Crippen molar-refractivity contribution in [3.63, 3.8) is 0 Å². The van der Waals surface area contributed by atoms with Crippen molar-refractivity contribution in [1.29, 1.82) is 0 Å². The van der Waals surface area contributed by atoms with Gasteiger partial charge in [0.15, 0.2) is 0 Å². The Labute approximate surface area is 108 Å². The van der Waals surface area contributed by atoms with E-state index in [9.17, 15) is 18.0 Å². The van der Waals surface area contributed by atoms with Gasteiger partial charge in [0.1, 0.15) is 17.4 Å². The molecule has 1 aromatic heterocycles. The van der Waals surface area contributed by atoms with Crippen molar-refractivity contribution >= 4 is 5.91 Å². The summed E-state index contributed by atoms with van der Waals surface area (Å²) in [6, 6.07) is -1.71. The number of hydrogen-bond donors (Lipinski definition) is 0. The molecular formula is C12H15F3N2O2.